The van der Waals surface area contributed by atoms with Gasteiger partial charge < -0.3 is 4.42 Å². The number of aromatic nitrogens is 2. The number of oxazole rings is 1. The fourth-order valence-electron chi connectivity index (χ4n) is 1.81. The van der Waals surface area contributed by atoms with Crippen molar-refractivity contribution in [3.05, 3.63) is 47.2 Å². The zero-order valence-electron chi connectivity index (χ0n) is 10.1. The van der Waals surface area contributed by atoms with Crippen LogP contribution in [0.25, 0.3) is 22.6 Å². The van der Waals surface area contributed by atoms with Crippen LogP contribution in [0.3, 0.4) is 0 Å². The first-order valence-corrected chi connectivity index (χ1v) is 6.05. The number of pyridine rings is 1. The van der Waals surface area contributed by atoms with Gasteiger partial charge in [-0.1, -0.05) is 11.6 Å². The summed E-state index contributed by atoms with van der Waals surface area (Å²) < 4.78 is 5.63. The molecule has 4 nitrogen and oxygen atoms in total. The molecule has 0 aliphatic heterocycles. The Morgan fingerprint density at radius 2 is 2.11 bits per heavy atom. The highest BCUT2D eigenvalue weighted by Crippen LogP contribution is 2.25. The molecule has 3 rings (SSSR count). The normalized spacial score (nSPS) is 10.8. The number of hydrogen-bond acceptors (Lipinski definition) is 4. The minimum absolute atomic E-state index is 0.00148. The van der Waals surface area contributed by atoms with Gasteiger partial charge >= 0.3 is 0 Å². The van der Waals surface area contributed by atoms with E-state index in [1.165, 1.54) is 6.92 Å². The molecule has 0 saturated carbocycles. The van der Waals surface area contributed by atoms with Crippen LogP contribution in [0.15, 0.2) is 40.9 Å². The van der Waals surface area contributed by atoms with Gasteiger partial charge in [-0.25, -0.2) is 9.97 Å². The highest BCUT2D eigenvalue weighted by Gasteiger charge is 2.10. The molecule has 0 aliphatic carbocycles. The summed E-state index contributed by atoms with van der Waals surface area (Å²) in [6.45, 7) is 1.52. The van der Waals surface area contributed by atoms with E-state index in [9.17, 15) is 4.79 Å². The maximum atomic E-state index is 11.3. The molecule has 19 heavy (non-hydrogen) atoms. The number of Topliss-reactive ketones (excluding diaryl/α,β-unsaturated/α-hetero) is 1. The van der Waals surface area contributed by atoms with Crippen molar-refractivity contribution in [2.45, 2.75) is 6.92 Å². The summed E-state index contributed by atoms with van der Waals surface area (Å²) in [7, 11) is 0. The summed E-state index contributed by atoms with van der Waals surface area (Å²) in [5.74, 6) is 0.457. The molecule has 0 spiro atoms. The van der Waals surface area contributed by atoms with Gasteiger partial charge in [0.25, 0.3) is 0 Å². The molecule has 3 aromatic rings. The number of hydrogen-bond donors (Lipinski definition) is 0. The van der Waals surface area contributed by atoms with Gasteiger partial charge in [0.2, 0.25) is 5.89 Å². The smallest absolute Gasteiger partial charge is 0.227 e. The van der Waals surface area contributed by atoms with Crippen LogP contribution in [0.1, 0.15) is 17.3 Å². The summed E-state index contributed by atoms with van der Waals surface area (Å²) in [6, 6.07) is 8.62. The van der Waals surface area contributed by atoms with E-state index in [0.29, 0.717) is 27.7 Å². The molecule has 94 valence electrons. The first kappa shape index (κ1) is 11.9. The second-order valence-electron chi connectivity index (χ2n) is 4.12. The average molecular weight is 273 g/mol. The van der Waals surface area contributed by atoms with Crippen molar-refractivity contribution >= 4 is 28.5 Å². The third-order valence-electron chi connectivity index (χ3n) is 2.77. The minimum Gasteiger partial charge on any atom is -0.436 e. The molecular weight excluding hydrogens is 264 g/mol. The maximum Gasteiger partial charge on any atom is 0.227 e. The summed E-state index contributed by atoms with van der Waals surface area (Å²) in [6.07, 6.45) is 1.59. The van der Waals surface area contributed by atoms with Crippen molar-refractivity contribution in [3.8, 4) is 11.5 Å². The van der Waals surface area contributed by atoms with Crippen LogP contribution in [-0.2, 0) is 0 Å². The summed E-state index contributed by atoms with van der Waals surface area (Å²) in [4.78, 5) is 19.6. The third-order valence-corrected chi connectivity index (χ3v) is 2.97. The van der Waals surface area contributed by atoms with Gasteiger partial charge in [-0.15, -0.1) is 0 Å². The van der Waals surface area contributed by atoms with Crippen molar-refractivity contribution in [1.29, 1.82) is 0 Å². The molecular formula is C14H9ClN2O2. The second kappa shape index (κ2) is 4.48. The Kier molecular flexibility index (Phi) is 2.80. The van der Waals surface area contributed by atoms with Gasteiger partial charge in [0.1, 0.15) is 10.7 Å². The molecule has 2 aromatic heterocycles. The van der Waals surface area contributed by atoms with E-state index in [0.717, 1.165) is 5.56 Å². The third kappa shape index (κ3) is 2.22. The topological polar surface area (TPSA) is 56.0 Å². The quantitative estimate of drug-likeness (QED) is 0.527. The molecule has 2 heterocycles. The Hall–Kier alpha value is -2.20. The second-order valence-corrected chi connectivity index (χ2v) is 4.51. The number of nitrogens with zero attached hydrogens (tertiary/aromatic N) is 2. The number of rotatable bonds is 2. The fourth-order valence-corrected chi connectivity index (χ4v) is 1.98. The van der Waals surface area contributed by atoms with Crippen LogP contribution < -0.4 is 0 Å². The lowest BCUT2D eigenvalue weighted by Gasteiger charge is -1.93. The van der Waals surface area contributed by atoms with Crippen molar-refractivity contribution in [2.24, 2.45) is 0 Å². The molecule has 0 bridgehead atoms. The minimum atomic E-state index is -0.00148. The standard InChI is InChI=1S/C14H9ClN2O2/c1-8(18)9-2-3-12-11(6-9)17-14(19-12)10-4-5-16-13(15)7-10/h2-7H,1H3. The van der Waals surface area contributed by atoms with Crippen LogP contribution in [0.2, 0.25) is 5.15 Å². The Morgan fingerprint density at radius 1 is 1.26 bits per heavy atom. The summed E-state index contributed by atoms with van der Waals surface area (Å²) in [5, 5.41) is 0.379. The number of fused-ring (bicyclic) bond motifs is 1. The van der Waals surface area contributed by atoms with Gasteiger partial charge in [-0.3, -0.25) is 4.79 Å². The molecule has 0 atom stereocenters. The molecule has 0 aliphatic rings. The van der Waals surface area contributed by atoms with Crippen molar-refractivity contribution in [2.75, 3.05) is 0 Å². The van der Waals surface area contributed by atoms with E-state index in [4.69, 9.17) is 16.0 Å². The molecule has 1 aromatic carbocycles. The molecule has 0 saturated heterocycles. The van der Waals surface area contributed by atoms with Crippen molar-refractivity contribution < 1.29 is 9.21 Å². The number of ketones is 1. The Bertz CT molecular complexity index is 780. The number of benzene rings is 1. The van der Waals surface area contributed by atoms with Gasteiger partial charge in [0.05, 0.1) is 0 Å². The predicted octanol–water partition coefficient (Wildman–Crippen LogP) is 3.75. The van der Waals surface area contributed by atoms with E-state index < -0.39 is 0 Å². The van der Waals surface area contributed by atoms with Crippen molar-refractivity contribution in [3.63, 3.8) is 0 Å². The highest BCUT2D eigenvalue weighted by atomic mass is 35.5. The molecule has 0 amide bonds. The Morgan fingerprint density at radius 3 is 2.84 bits per heavy atom. The van der Waals surface area contributed by atoms with E-state index in [1.54, 1.807) is 36.5 Å². The maximum absolute atomic E-state index is 11.3. The zero-order valence-corrected chi connectivity index (χ0v) is 10.8. The first-order valence-electron chi connectivity index (χ1n) is 5.67. The first-order chi connectivity index (χ1) is 9.13. The highest BCUT2D eigenvalue weighted by molar-refractivity contribution is 6.29. The molecule has 0 unspecified atom stereocenters. The summed E-state index contributed by atoms with van der Waals surface area (Å²) in [5.41, 5.74) is 2.64. The number of carbonyl (C=O) groups is 1. The largest absolute Gasteiger partial charge is 0.436 e. The number of halogens is 1. The van der Waals surface area contributed by atoms with Gasteiger partial charge in [-0.2, -0.15) is 0 Å². The fraction of sp³-hybridized carbons (Fsp3) is 0.0714. The Balaban J connectivity index is 2.14. The SMILES string of the molecule is CC(=O)c1ccc2oc(-c3ccnc(Cl)c3)nc2c1. The lowest BCUT2D eigenvalue weighted by Crippen LogP contribution is -1.90. The molecule has 0 N–H and O–H groups in total. The van der Waals surface area contributed by atoms with Crippen LogP contribution in [-0.4, -0.2) is 15.8 Å². The lowest BCUT2D eigenvalue weighted by atomic mass is 10.1. The van der Waals surface area contributed by atoms with E-state index in [1.807, 2.05) is 0 Å². The number of carbonyl (C=O) groups excluding carboxylic acids is 1. The van der Waals surface area contributed by atoms with E-state index in [2.05, 4.69) is 9.97 Å². The molecule has 0 fully saturated rings. The van der Waals surface area contributed by atoms with Crippen LogP contribution in [0.5, 0.6) is 0 Å². The predicted molar refractivity (Wildman–Crippen MR) is 72.3 cm³/mol. The van der Waals surface area contributed by atoms with E-state index in [-0.39, 0.29) is 5.78 Å². The van der Waals surface area contributed by atoms with Crippen LogP contribution in [0, 0.1) is 0 Å². The monoisotopic (exact) mass is 272 g/mol. The van der Waals surface area contributed by atoms with E-state index >= 15 is 0 Å². The zero-order chi connectivity index (χ0) is 13.4. The van der Waals surface area contributed by atoms with Gasteiger partial charge in [-0.05, 0) is 37.3 Å². The Labute approximate surface area is 114 Å². The molecule has 0 radical (unpaired) electrons. The molecule has 5 heteroatoms. The van der Waals surface area contributed by atoms with Gasteiger partial charge in [0.15, 0.2) is 11.4 Å². The van der Waals surface area contributed by atoms with Crippen LogP contribution in [0.4, 0.5) is 0 Å². The van der Waals surface area contributed by atoms with Crippen molar-refractivity contribution in [1.82, 2.24) is 9.97 Å². The lowest BCUT2D eigenvalue weighted by molar-refractivity contribution is 0.101. The van der Waals surface area contributed by atoms with Crippen LogP contribution >= 0.6 is 11.6 Å². The average Bonchev–Trinajstić information content (AvgIpc) is 2.81. The van der Waals surface area contributed by atoms with Gasteiger partial charge in [0, 0.05) is 17.3 Å². The summed E-state index contributed by atoms with van der Waals surface area (Å²) >= 11 is 5.84.